The summed E-state index contributed by atoms with van der Waals surface area (Å²) in [5.74, 6) is 1.01. The fraction of sp³-hybridized carbons (Fsp3) is 0.250. The smallest absolute Gasteiger partial charge is 0.253 e. The van der Waals surface area contributed by atoms with E-state index in [4.69, 9.17) is 16.3 Å². The van der Waals surface area contributed by atoms with Gasteiger partial charge in [-0.1, -0.05) is 35.8 Å². The molecule has 0 aliphatic carbocycles. The molecule has 0 spiro atoms. The van der Waals surface area contributed by atoms with Crippen molar-refractivity contribution in [1.29, 1.82) is 0 Å². The average molecular weight is 600 g/mol. The lowest BCUT2D eigenvalue weighted by Gasteiger charge is -2.11. The Balaban J connectivity index is 1.55. The van der Waals surface area contributed by atoms with Crippen molar-refractivity contribution in [2.45, 2.75) is 40.2 Å². The minimum Gasteiger partial charge on any atom is -0.486 e. The summed E-state index contributed by atoms with van der Waals surface area (Å²) < 4.78 is 7.70. The highest BCUT2D eigenvalue weighted by atomic mass is 35.5. The zero-order valence-corrected chi connectivity index (χ0v) is 25.1. The second-order valence-electron chi connectivity index (χ2n) is 9.63. The number of benzene rings is 1. The number of nitrogens with zero attached hydrogens (tertiary/aromatic N) is 5. The first-order chi connectivity index (χ1) is 20.9. The van der Waals surface area contributed by atoms with E-state index in [2.05, 4.69) is 30.8 Å². The van der Waals surface area contributed by atoms with Gasteiger partial charge in [0.25, 0.3) is 5.91 Å². The van der Waals surface area contributed by atoms with E-state index in [-0.39, 0.29) is 12.5 Å². The van der Waals surface area contributed by atoms with Crippen LogP contribution in [-0.4, -0.2) is 38.5 Å². The Labute approximate surface area is 255 Å². The minimum atomic E-state index is -0.166. The molecule has 0 aliphatic rings. The van der Waals surface area contributed by atoms with E-state index in [0.717, 1.165) is 34.3 Å². The maximum atomic E-state index is 12.7. The van der Waals surface area contributed by atoms with E-state index in [0.29, 0.717) is 47.1 Å². The van der Waals surface area contributed by atoms with Gasteiger partial charge in [0.05, 0.1) is 28.2 Å². The summed E-state index contributed by atoms with van der Waals surface area (Å²) in [6.45, 7) is 6.84. The molecule has 0 bridgehead atoms. The van der Waals surface area contributed by atoms with Gasteiger partial charge >= 0.3 is 0 Å². The lowest BCUT2D eigenvalue weighted by atomic mass is 10.1. The van der Waals surface area contributed by atoms with Gasteiger partial charge in [-0.05, 0) is 74.7 Å². The molecule has 0 fully saturated rings. The molecule has 0 radical (unpaired) electrons. The van der Waals surface area contributed by atoms with E-state index < -0.39 is 0 Å². The van der Waals surface area contributed by atoms with Crippen molar-refractivity contribution in [2.24, 2.45) is 5.18 Å². The molecule has 2 N–H and O–H groups in total. The van der Waals surface area contributed by atoms with Gasteiger partial charge in [-0.15, -0.1) is 0 Å². The van der Waals surface area contributed by atoms with Crippen LogP contribution in [0.2, 0.25) is 5.02 Å². The highest BCUT2D eigenvalue weighted by Crippen LogP contribution is 2.29. The number of allylic oxidation sites excluding steroid dienone is 2. The first kappa shape index (κ1) is 31.1. The Morgan fingerprint density at radius 1 is 1.16 bits per heavy atom. The minimum absolute atomic E-state index is 0.103. The van der Waals surface area contributed by atoms with Gasteiger partial charge < -0.3 is 19.9 Å². The molecule has 1 amide bonds. The standard InChI is InChI=1S/C32H34ClN7O3/c1-4-14-35-32(41)27-19-40(18-23(27)13-16-38-42)22(3)9-11-29-26(5-2)31(37-21-36-29)39-24-10-12-30(28(33)17-24)43-20-25-8-6-7-15-34-25/h5-12,15,17-19,21H,4,13-14,16,20H2,1-3H3,(H,35,41)(H,36,37,39)/b22-9+,26-5+,29-11+. The Bertz CT molecular complexity index is 1720. The van der Waals surface area contributed by atoms with Gasteiger partial charge in [-0.25, -0.2) is 9.97 Å². The number of nitroso groups, excluding NO2 is 1. The van der Waals surface area contributed by atoms with Crippen LogP contribution in [0.3, 0.4) is 0 Å². The van der Waals surface area contributed by atoms with Gasteiger partial charge in [0.15, 0.2) is 0 Å². The molecular formula is C32H34ClN7O3. The summed E-state index contributed by atoms with van der Waals surface area (Å²) in [6.07, 6.45) is 13.8. The number of carbonyl (C=O) groups excluding carboxylic acids is 1. The number of hydrogen-bond acceptors (Lipinski definition) is 8. The molecule has 0 saturated carbocycles. The normalized spacial score (nSPS) is 12.3. The lowest BCUT2D eigenvalue weighted by molar-refractivity contribution is 0.0953. The molecule has 222 valence electrons. The van der Waals surface area contributed by atoms with Crippen LogP contribution >= 0.6 is 11.6 Å². The number of ether oxygens (including phenoxy) is 1. The van der Waals surface area contributed by atoms with Crippen LogP contribution in [0, 0.1) is 4.91 Å². The van der Waals surface area contributed by atoms with E-state index in [1.807, 2.05) is 74.0 Å². The molecule has 1 aromatic carbocycles. The molecule has 43 heavy (non-hydrogen) atoms. The number of carbonyl (C=O) groups is 1. The van der Waals surface area contributed by atoms with Crippen LogP contribution in [0.1, 0.15) is 48.8 Å². The molecule has 0 atom stereocenters. The van der Waals surface area contributed by atoms with Crippen LogP contribution < -0.4 is 25.9 Å². The number of anilines is 2. The second kappa shape index (κ2) is 15.4. The fourth-order valence-corrected chi connectivity index (χ4v) is 4.52. The zero-order chi connectivity index (χ0) is 30.6. The summed E-state index contributed by atoms with van der Waals surface area (Å²) in [7, 11) is 0. The molecular weight excluding hydrogens is 566 g/mol. The largest absolute Gasteiger partial charge is 0.486 e. The van der Waals surface area contributed by atoms with Gasteiger partial charge in [-0.3, -0.25) is 9.78 Å². The van der Waals surface area contributed by atoms with E-state index in [9.17, 15) is 9.70 Å². The Morgan fingerprint density at radius 2 is 2.02 bits per heavy atom. The predicted octanol–water partition coefficient (Wildman–Crippen LogP) is 5.24. The third kappa shape index (κ3) is 8.36. The van der Waals surface area contributed by atoms with Crippen molar-refractivity contribution in [3.05, 3.63) is 105 Å². The van der Waals surface area contributed by atoms with E-state index >= 15 is 0 Å². The highest BCUT2D eigenvalue weighted by molar-refractivity contribution is 6.32. The van der Waals surface area contributed by atoms with Gasteiger partial charge in [-0.2, -0.15) is 4.91 Å². The quantitative estimate of drug-likeness (QED) is 0.201. The summed E-state index contributed by atoms with van der Waals surface area (Å²) in [6, 6.07) is 11.1. The molecule has 0 saturated heterocycles. The number of hydrogen-bond donors (Lipinski definition) is 2. The average Bonchev–Trinajstić information content (AvgIpc) is 3.46. The third-order valence-corrected chi connectivity index (χ3v) is 6.85. The topological polar surface area (TPSA) is 123 Å². The fourth-order valence-electron chi connectivity index (χ4n) is 4.28. The number of rotatable bonds is 13. The highest BCUT2D eigenvalue weighted by Gasteiger charge is 2.15. The lowest BCUT2D eigenvalue weighted by Crippen LogP contribution is -2.31. The van der Waals surface area contributed by atoms with Crippen LogP contribution in [-0.2, 0) is 13.0 Å². The Hall–Kier alpha value is -4.83. The molecule has 0 aliphatic heterocycles. The monoisotopic (exact) mass is 599 g/mol. The molecule has 0 unspecified atom stereocenters. The van der Waals surface area contributed by atoms with Crippen molar-refractivity contribution >= 4 is 46.9 Å². The SMILES string of the molecule is C/C=c1/c(Nc2ccc(OCc3ccccn3)c(Cl)c2)ncn/c1=C/C=C(\C)n1cc(CCN=O)c(C(=O)NCCC)c1. The summed E-state index contributed by atoms with van der Waals surface area (Å²) in [5.41, 5.74) is 3.71. The summed E-state index contributed by atoms with van der Waals surface area (Å²) >= 11 is 6.51. The second-order valence-corrected chi connectivity index (χ2v) is 10.0. The Morgan fingerprint density at radius 3 is 2.74 bits per heavy atom. The number of pyridine rings is 1. The number of aromatic nitrogens is 4. The number of amides is 1. The van der Waals surface area contributed by atoms with Crippen molar-refractivity contribution in [3.63, 3.8) is 0 Å². The molecule has 10 nitrogen and oxygen atoms in total. The first-order valence-corrected chi connectivity index (χ1v) is 14.3. The van der Waals surface area contributed by atoms with Crippen molar-refractivity contribution in [2.75, 3.05) is 18.4 Å². The first-order valence-electron chi connectivity index (χ1n) is 14.0. The van der Waals surface area contributed by atoms with E-state index in [1.54, 1.807) is 24.5 Å². The Kier molecular flexibility index (Phi) is 11.2. The maximum Gasteiger partial charge on any atom is 0.253 e. The number of nitrogens with one attached hydrogen (secondary N) is 2. The van der Waals surface area contributed by atoms with Crippen LogP contribution in [0.15, 0.2) is 72.6 Å². The van der Waals surface area contributed by atoms with Crippen molar-refractivity contribution < 1.29 is 9.53 Å². The molecule has 4 aromatic rings. The maximum absolute atomic E-state index is 12.7. The predicted molar refractivity (Wildman–Crippen MR) is 171 cm³/mol. The van der Waals surface area contributed by atoms with Crippen LogP contribution in [0.4, 0.5) is 11.5 Å². The molecule has 11 heteroatoms. The van der Waals surface area contributed by atoms with Gasteiger partial charge in [0.2, 0.25) is 0 Å². The molecule has 3 heterocycles. The summed E-state index contributed by atoms with van der Waals surface area (Å²) in [5, 5.41) is 11.2. The van der Waals surface area contributed by atoms with Crippen LogP contribution in [0.5, 0.6) is 5.75 Å². The number of halogens is 1. The third-order valence-electron chi connectivity index (χ3n) is 6.55. The molecule has 3 aromatic heterocycles. The zero-order valence-electron chi connectivity index (χ0n) is 24.4. The van der Waals surface area contributed by atoms with E-state index in [1.165, 1.54) is 6.33 Å². The van der Waals surface area contributed by atoms with Crippen molar-refractivity contribution in [3.8, 4) is 5.75 Å². The van der Waals surface area contributed by atoms with Crippen molar-refractivity contribution in [1.82, 2.24) is 24.8 Å². The molecule has 4 rings (SSSR count). The summed E-state index contributed by atoms with van der Waals surface area (Å²) in [4.78, 5) is 36.6. The van der Waals surface area contributed by atoms with Gasteiger partial charge in [0, 0.05) is 41.7 Å². The van der Waals surface area contributed by atoms with Crippen LogP contribution in [0.25, 0.3) is 17.8 Å². The van der Waals surface area contributed by atoms with Gasteiger partial charge in [0.1, 0.15) is 24.5 Å².